The highest BCUT2D eigenvalue weighted by Crippen LogP contribution is 2.16. The Kier molecular flexibility index (Phi) is 6.31. The van der Waals surface area contributed by atoms with Crippen LogP contribution in [-0.4, -0.2) is 41.6 Å². The van der Waals surface area contributed by atoms with E-state index < -0.39 is 6.10 Å². The second-order valence-electron chi connectivity index (χ2n) is 5.13. The largest absolute Gasteiger partial charge is 0.379 e. The number of ether oxygens (including phenoxy) is 2. The fourth-order valence-corrected chi connectivity index (χ4v) is 2.10. The summed E-state index contributed by atoms with van der Waals surface area (Å²) in [4.78, 5) is 12.1. The van der Waals surface area contributed by atoms with Crippen molar-refractivity contribution < 1.29 is 14.3 Å². The van der Waals surface area contributed by atoms with Gasteiger partial charge in [0.15, 0.2) is 0 Å². The fraction of sp³-hybridized carbons (Fsp3) is 0.412. The zero-order valence-corrected chi connectivity index (χ0v) is 13.8. The molecule has 0 aliphatic carbocycles. The van der Waals surface area contributed by atoms with Crippen LogP contribution in [0.1, 0.15) is 19.5 Å². The average Bonchev–Trinajstić information content (AvgIpc) is 2.97. The number of nitrogens with one attached hydrogen (secondary N) is 1. The third-order valence-corrected chi connectivity index (χ3v) is 3.36. The topological polar surface area (TPSA) is 65.4 Å². The third-order valence-electron chi connectivity index (χ3n) is 3.36. The van der Waals surface area contributed by atoms with Crippen LogP contribution in [0.15, 0.2) is 36.5 Å². The van der Waals surface area contributed by atoms with Crippen LogP contribution in [0.2, 0.25) is 0 Å². The van der Waals surface area contributed by atoms with Crippen molar-refractivity contribution in [2.45, 2.75) is 26.9 Å². The Morgan fingerprint density at radius 2 is 2.17 bits per heavy atom. The number of hydrogen-bond donors (Lipinski definition) is 1. The summed E-state index contributed by atoms with van der Waals surface area (Å²) in [5.74, 6) is -0.184. The summed E-state index contributed by atoms with van der Waals surface area (Å²) in [6, 6.07) is 9.47. The molecule has 0 aliphatic rings. The van der Waals surface area contributed by atoms with Crippen molar-refractivity contribution in [1.82, 2.24) is 9.78 Å². The standard InChI is InChI=1S/C17H23N3O3/c1-4-22-10-11-23-14(3)17(21)19-15-6-5-7-16(12-15)20-13(2)8-9-18-20/h5-9,12,14H,4,10-11H2,1-3H3,(H,19,21)/t14-/m1/s1. The van der Waals surface area contributed by atoms with E-state index in [-0.39, 0.29) is 5.91 Å². The van der Waals surface area contributed by atoms with Crippen molar-refractivity contribution in [3.05, 3.63) is 42.2 Å². The molecule has 1 N–H and O–H groups in total. The van der Waals surface area contributed by atoms with E-state index in [2.05, 4.69) is 10.4 Å². The fourth-order valence-electron chi connectivity index (χ4n) is 2.10. The van der Waals surface area contributed by atoms with Gasteiger partial charge < -0.3 is 14.8 Å². The van der Waals surface area contributed by atoms with Crippen LogP contribution in [-0.2, 0) is 14.3 Å². The molecule has 1 aromatic heterocycles. The summed E-state index contributed by atoms with van der Waals surface area (Å²) in [6.07, 6.45) is 1.21. The molecule has 0 radical (unpaired) electrons. The molecule has 1 atom stereocenters. The quantitative estimate of drug-likeness (QED) is 0.760. The van der Waals surface area contributed by atoms with E-state index in [1.807, 2.05) is 48.9 Å². The maximum atomic E-state index is 12.1. The van der Waals surface area contributed by atoms with Crippen LogP contribution in [0.5, 0.6) is 0 Å². The van der Waals surface area contributed by atoms with Gasteiger partial charge in [0.05, 0.1) is 18.9 Å². The number of carbonyl (C=O) groups is 1. The van der Waals surface area contributed by atoms with E-state index in [9.17, 15) is 4.79 Å². The Morgan fingerprint density at radius 1 is 1.35 bits per heavy atom. The van der Waals surface area contributed by atoms with Crippen LogP contribution in [0.3, 0.4) is 0 Å². The highest BCUT2D eigenvalue weighted by atomic mass is 16.5. The number of amides is 1. The Labute approximate surface area is 136 Å². The summed E-state index contributed by atoms with van der Waals surface area (Å²) in [7, 11) is 0. The molecule has 0 aliphatic heterocycles. The minimum Gasteiger partial charge on any atom is -0.379 e. The Balaban J connectivity index is 1.95. The molecular formula is C17H23N3O3. The molecule has 0 bridgehead atoms. The smallest absolute Gasteiger partial charge is 0.253 e. The molecule has 0 saturated heterocycles. The molecule has 0 saturated carbocycles. The van der Waals surface area contributed by atoms with Crippen LogP contribution in [0.4, 0.5) is 5.69 Å². The number of rotatable bonds is 8. The van der Waals surface area contributed by atoms with Crippen LogP contribution in [0.25, 0.3) is 5.69 Å². The van der Waals surface area contributed by atoms with Crippen molar-refractivity contribution in [1.29, 1.82) is 0 Å². The molecule has 0 unspecified atom stereocenters. The normalized spacial score (nSPS) is 12.1. The first kappa shape index (κ1) is 17.2. The van der Waals surface area contributed by atoms with E-state index in [1.54, 1.807) is 13.1 Å². The highest BCUT2D eigenvalue weighted by molar-refractivity contribution is 5.94. The van der Waals surface area contributed by atoms with Crippen LogP contribution < -0.4 is 5.32 Å². The monoisotopic (exact) mass is 317 g/mol. The van der Waals surface area contributed by atoms with Gasteiger partial charge in [-0.3, -0.25) is 4.79 Å². The number of hydrogen-bond acceptors (Lipinski definition) is 4. The number of benzene rings is 1. The van der Waals surface area contributed by atoms with E-state index >= 15 is 0 Å². The first-order chi connectivity index (χ1) is 11.1. The lowest BCUT2D eigenvalue weighted by Crippen LogP contribution is -2.28. The highest BCUT2D eigenvalue weighted by Gasteiger charge is 2.13. The van der Waals surface area contributed by atoms with Gasteiger partial charge in [-0.15, -0.1) is 0 Å². The Morgan fingerprint density at radius 3 is 2.87 bits per heavy atom. The van der Waals surface area contributed by atoms with Gasteiger partial charge >= 0.3 is 0 Å². The summed E-state index contributed by atoms with van der Waals surface area (Å²) in [6.45, 7) is 7.15. The first-order valence-electron chi connectivity index (χ1n) is 7.73. The molecule has 6 heteroatoms. The van der Waals surface area contributed by atoms with Gasteiger partial charge in [0, 0.05) is 24.2 Å². The lowest BCUT2D eigenvalue weighted by Gasteiger charge is -2.14. The van der Waals surface area contributed by atoms with Gasteiger partial charge in [-0.05, 0) is 45.0 Å². The number of carbonyl (C=O) groups excluding carboxylic acids is 1. The zero-order chi connectivity index (χ0) is 16.7. The van der Waals surface area contributed by atoms with E-state index in [1.165, 1.54) is 0 Å². The van der Waals surface area contributed by atoms with Crippen molar-refractivity contribution in [2.24, 2.45) is 0 Å². The van der Waals surface area contributed by atoms with Crippen molar-refractivity contribution >= 4 is 11.6 Å². The molecule has 2 rings (SSSR count). The van der Waals surface area contributed by atoms with E-state index in [0.717, 1.165) is 11.4 Å². The van der Waals surface area contributed by atoms with Crippen molar-refractivity contribution in [3.63, 3.8) is 0 Å². The number of aryl methyl sites for hydroxylation is 1. The summed E-state index contributed by atoms with van der Waals surface area (Å²) < 4.78 is 12.4. The van der Waals surface area contributed by atoms with Crippen molar-refractivity contribution in [3.8, 4) is 5.69 Å². The predicted octanol–water partition coefficient (Wildman–Crippen LogP) is 2.56. The molecule has 6 nitrogen and oxygen atoms in total. The zero-order valence-electron chi connectivity index (χ0n) is 13.8. The molecule has 124 valence electrons. The maximum absolute atomic E-state index is 12.1. The lowest BCUT2D eigenvalue weighted by molar-refractivity contribution is -0.127. The van der Waals surface area contributed by atoms with Gasteiger partial charge in [0.25, 0.3) is 5.91 Å². The SMILES string of the molecule is CCOCCO[C@H](C)C(=O)Nc1cccc(-n2nccc2C)c1. The van der Waals surface area contributed by atoms with Crippen LogP contribution in [0, 0.1) is 6.92 Å². The third kappa shape index (κ3) is 4.91. The molecule has 1 heterocycles. The number of nitrogens with zero attached hydrogens (tertiary/aromatic N) is 2. The van der Waals surface area contributed by atoms with Gasteiger partial charge in [-0.25, -0.2) is 4.68 Å². The van der Waals surface area contributed by atoms with Gasteiger partial charge in [-0.1, -0.05) is 6.07 Å². The minimum atomic E-state index is -0.537. The van der Waals surface area contributed by atoms with Gasteiger partial charge in [0.2, 0.25) is 0 Å². The second kappa shape index (κ2) is 8.45. The number of anilines is 1. The molecule has 0 spiro atoms. The number of aromatic nitrogens is 2. The van der Waals surface area contributed by atoms with Crippen LogP contribution >= 0.6 is 0 Å². The Bertz CT molecular complexity index is 640. The van der Waals surface area contributed by atoms with E-state index in [0.29, 0.717) is 25.5 Å². The summed E-state index contributed by atoms with van der Waals surface area (Å²) in [5, 5.41) is 7.12. The predicted molar refractivity (Wildman–Crippen MR) is 88.8 cm³/mol. The maximum Gasteiger partial charge on any atom is 0.253 e. The van der Waals surface area contributed by atoms with Gasteiger partial charge in [0.1, 0.15) is 6.10 Å². The molecule has 1 amide bonds. The molecule has 0 fully saturated rings. The lowest BCUT2D eigenvalue weighted by atomic mass is 10.2. The van der Waals surface area contributed by atoms with Gasteiger partial charge in [-0.2, -0.15) is 5.10 Å². The summed E-state index contributed by atoms with van der Waals surface area (Å²) >= 11 is 0. The minimum absolute atomic E-state index is 0.184. The molecule has 23 heavy (non-hydrogen) atoms. The molecule has 2 aromatic rings. The Hall–Kier alpha value is -2.18. The van der Waals surface area contributed by atoms with Crippen molar-refractivity contribution in [2.75, 3.05) is 25.1 Å². The summed E-state index contributed by atoms with van der Waals surface area (Å²) in [5.41, 5.74) is 2.64. The second-order valence-corrected chi connectivity index (χ2v) is 5.13. The molecule has 1 aromatic carbocycles. The first-order valence-corrected chi connectivity index (χ1v) is 7.73. The average molecular weight is 317 g/mol. The van der Waals surface area contributed by atoms with E-state index in [4.69, 9.17) is 9.47 Å². The molecular weight excluding hydrogens is 294 g/mol.